The first kappa shape index (κ1) is 16.6. The first-order valence-electron chi connectivity index (χ1n) is 9.24. The van der Waals surface area contributed by atoms with E-state index in [-0.39, 0.29) is 0 Å². The number of pyridine rings is 1. The molecule has 0 unspecified atom stereocenters. The zero-order valence-electron chi connectivity index (χ0n) is 16.0. The van der Waals surface area contributed by atoms with Crippen LogP contribution >= 0.6 is 0 Å². The molecule has 26 heavy (non-hydrogen) atoms. The van der Waals surface area contributed by atoms with E-state index >= 15 is 0 Å². The van der Waals surface area contributed by atoms with E-state index in [9.17, 15) is 0 Å². The normalized spacial score (nSPS) is 14.9. The van der Waals surface area contributed by atoms with Gasteiger partial charge in [-0.05, 0) is 56.7 Å². The van der Waals surface area contributed by atoms with Crippen molar-refractivity contribution in [1.29, 1.82) is 0 Å². The molecule has 0 saturated heterocycles. The molecule has 1 aliphatic heterocycles. The third-order valence-electron chi connectivity index (χ3n) is 5.20. The van der Waals surface area contributed by atoms with Crippen molar-refractivity contribution in [1.82, 2.24) is 0 Å². The largest absolute Gasteiger partial charge is 0.341 e. The highest BCUT2D eigenvalue weighted by Gasteiger charge is 2.18. The number of aromatic nitrogens is 1. The topological polar surface area (TPSA) is 7.12 Å². The predicted octanol–water partition coefficient (Wildman–Crippen LogP) is 5.18. The number of anilines is 1. The molecule has 2 aromatic carbocycles. The number of hydrogen-bond donors (Lipinski definition) is 0. The van der Waals surface area contributed by atoms with Crippen LogP contribution in [0.2, 0.25) is 0 Å². The number of rotatable bonds is 2. The summed E-state index contributed by atoms with van der Waals surface area (Å²) in [7, 11) is 2.14. The van der Waals surface area contributed by atoms with Crippen LogP contribution in [0, 0.1) is 13.8 Å². The summed E-state index contributed by atoms with van der Waals surface area (Å²) in [6.07, 6.45) is 6.73. The molecule has 2 heteroatoms. The van der Waals surface area contributed by atoms with Crippen molar-refractivity contribution in [3.63, 3.8) is 0 Å². The van der Waals surface area contributed by atoms with Gasteiger partial charge < -0.3 is 4.90 Å². The molecular formula is C24H25N2+. The number of nitrogens with zero attached hydrogens (tertiary/aromatic N) is 2. The van der Waals surface area contributed by atoms with Crippen molar-refractivity contribution < 1.29 is 4.57 Å². The maximum atomic E-state index is 2.38. The molecule has 0 atom stereocenters. The maximum Gasteiger partial charge on any atom is 0.212 e. The first-order valence-corrected chi connectivity index (χ1v) is 9.24. The van der Waals surface area contributed by atoms with Gasteiger partial charge in [-0.25, -0.2) is 0 Å². The Labute approximate surface area is 155 Å². The van der Waals surface area contributed by atoms with Crippen LogP contribution in [0.25, 0.3) is 23.1 Å². The van der Waals surface area contributed by atoms with Gasteiger partial charge in [-0.3, -0.25) is 0 Å². The molecule has 0 amide bonds. The molecule has 0 saturated carbocycles. The Morgan fingerprint density at radius 2 is 1.69 bits per heavy atom. The van der Waals surface area contributed by atoms with Crippen LogP contribution in [-0.4, -0.2) is 6.54 Å². The highest BCUT2D eigenvalue weighted by Crippen LogP contribution is 2.32. The Morgan fingerprint density at radius 3 is 2.50 bits per heavy atom. The van der Waals surface area contributed by atoms with E-state index < -0.39 is 0 Å². The lowest BCUT2D eigenvalue weighted by Crippen LogP contribution is -2.33. The molecule has 2 heterocycles. The molecule has 1 aromatic heterocycles. The van der Waals surface area contributed by atoms with E-state index in [1.54, 1.807) is 0 Å². The zero-order chi connectivity index (χ0) is 18.3. The SMILES string of the molecule is CCN1C(=Cc2ccc3cc(C)ccc3[n+]2C)C=Cc2cc(C)ccc21. The first-order chi connectivity index (χ1) is 12.6. The number of benzene rings is 2. The van der Waals surface area contributed by atoms with Crippen LogP contribution in [0.5, 0.6) is 0 Å². The standard InChI is InChI=1S/C24H25N2/c1-5-26-22(11-9-20-15-18(3)7-13-24(20)26)16-21-10-8-19-14-17(2)6-12-23(19)25(21)4/h6-16H,5H2,1-4H3/q+1. The van der Waals surface area contributed by atoms with Crippen LogP contribution in [0.15, 0.2) is 60.3 Å². The molecule has 2 nitrogen and oxygen atoms in total. The average Bonchev–Trinajstić information content (AvgIpc) is 2.63. The molecule has 0 bridgehead atoms. The van der Waals surface area contributed by atoms with Gasteiger partial charge in [0.2, 0.25) is 11.2 Å². The highest BCUT2D eigenvalue weighted by atomic mass is 15.1. The van der Waals surface area contributed by atoms with Gasteiger partial charge in [0.25, 0.3) is 0 Å². The Hall–Kier alpha value is -2.87. The zero-order valence-corrected chi connectivity index (χ0v) is 16.0. The van der Waals surface area contributed by atoms with Crippen LogP contribution in [0.3, 0.4) is 0 Å². The van der Waals surface area contributed by atoms with Crippen molar-refractivity contribution in [3.8, 4) is 0 Å². The monoisotopic (exact) mass is 341 g/mol. The van der Waals surface area contributed by atoms with Gasteiger partial charge >= 0.3 is 0 Å². The summed E-state index contributed by atoms with van der Waals surface area (Å²) < 4.78 is 2.27. The molecule has 4 rings (SSSR count). The number of fused-ring (bicyclic) bond motifs is 2. The summed E-state index contributed by atoms with van der Waals surface area (Å²) in [5.74, 6) is 0. The van der Waals surface area contributed by atoms with Crippen molar-refractivity contribution in [2.75, 3.05) is 11.4 Å². The van der Waals surface area contributed by atoms with Crippen molar-refractivity contribution in [3.05, 3.63) is 82.7 Å². The molecule has 0 fully saturated rings. The fraction of sp³-hybridized carbons (Fsp3) is 0.208. The number of aryl methyl sites for hydroxylation is 3. The molecule has 1 aliphatic rings. The van der Waals surface area contributed by atoms with Crippen LogP contribution in [0.4, 0.5) is 5.69 Å². The summed E-state index contributed by atoms with van der Waals surface area (Å²) in [5, 5.41) is 1.28. The molecule has 0 aliphatic carbocycles. The van der Waals surface area contributed by atoms with Crippen LogP contribution in [0.1, 0.15) is 29.3 Å². The van der Waals surface area contributed by atoms with Gasteiger partial charge in [-0.15, -0.1) is 0 Å². The van der Waals surface area contributed by atoms with Gasteiger partial charge in [0, 0.05) is 41.5 Å². The Bertz CT molecular complexity index is 1060. The number of likely N-dealkylation sites (N-methyl/N-ethyl adjacent to an activating group) is 1. The van der Waals surface area contributed by atoms with Crippen molar-refractivity contribution in [2.24, 2.45) is 7.05 Å². The molecule has 0 N–H and O–H groups in total. The van der Waals surface area contributed by atoms with E-state index in [0.29, 0.717) is 0 Å². The van der Waals surface area contributed by atoms with Gasteiger partial charge in [0.05, 0.1) is 0 Å². The second kappa shape index (κ2) is 6.45. The third-order valence-corrected chi connectivity index (χ3v) is 5.20. The minimum absolute atomic E-state index is 0.947. The minimum atomic E-state index is 0.947. The average molecular weight is 341 g/mol. The fourth-order valence-electron chi connectivity index (χ4n) is 3.77. The summed E-state index contributed by atoms with van der Waals surface area (Å²) in [6, 6.07) is 17.7. The lowest BCUT2D eigenvalue weighted by Gasteiger charge is -2.29. The quantitative estimate of drug-likeness (QED) is 0.583. The fourth-order valence-corrected chi connectivity index (χ4v) is 3.77. The summed E-state index contributed by atoms with van der Waals surface area (Å²) >= 11 is 0. The second-order valence-corrected chi connectivity index (χ2v) is 7.09. The van der Waals surface area contributed by atoms with Crippen LogP contribution < -0.4 is 9.47 Å². The van der Waals surface area contributed by atoms with E-state index in [1.165, 1.54) is 44.7 Å². The number of hydrogen-bond acceptors (Lipinski definition) is 1. The van der Waals surface area contributed by atoms with Crippen molar-refractivity contribution >= 4 is 28.7 Å². The van der Waals surface area contributed by atoms with E-state index in [2.05, 4.69) is 104 Å². The highest BCUT2D eigenvalue weighted by molar-refractivity contribution is 5.81. The molecule has 3 aromatic rings. The lowest BCUT2D eigenvalue weighted by atomic mass is 10.0. The second-order valence-electron chi connectivity index (χ2n) is 7.09. The van der Waals surface area contributed by atoms with Gasteiger partial charge in [0.15, 0.2) is 0 Å². The number of allylic oxidation sites excluding steroid dienone is 1. The van der Waals surface area contributed by atoms with Gasteiger partial charge in [-0.1, -0.05) is 29.3 Å². The Morgan fingerprint density at radius 1 is 0.923 bits per heavy atom. The third kappa shape index (κ3) is 2.82. The van der Waals surface area contributed by atoms with E-state index in [4.69, 9.17) is 0 Å². The predicted molar refractivity (Wildman–Crippen MR) is 111 cm³/mol. The van der Waals surface area contributed by atoms with Gasteiger partial charge in [0.1, 0.15) is 7.05 Å². The molecule has 130 valence electrons. The van der Waals surface area contributed by atoms with Crippen LogP contribution in [-0.2, 0) is 7.05 Å². The summed E-state index contributed by atoms with van der Waals surface area (Å²) in [6.45, 7) is 7.44. The smallest absolute Gasteiger partial charge is 0.212 e. The molecule has 0 radical (unpaired) electrons. The lowest BCUT2D eigenvalue weighted by molar-refractivity contribution is -0.646. The molecular weight excluding hydrogens is 316 g/mol. The Kier molecular flexibility index (Phi) is 4.12. The van der Waals surface area contributed by atoms with E-state index in [0.717, 1.165) is 6.54 Å². The Balaban J connectivity index is 1.81. The molecule has 0 spiro atoms. The van der Waals surface area contributed by atoms with Crippen molar-refractivity contribution in [2.45, 2.75) is 20.8 Å². The summed E-state index contributed by atoms with van der Waals surface area (Å²) in [4.78, 5) is 2.38. The van der Waals surface area contributed by atoms with E-state index in [1.807, 2.05) is 0 Å². The van der Waals surface area contributed by atoms with Gasteiger partial charge in [-0.2, -0.15) is 4.57 Å². The minimum Gasteiger partial charge on any atom is -0.341 e. The summed E-state index contributed by atoms with van der Waals surface area (Å²) in [5.41, 5.74) is 8.86. The maximum absolute atomic E-state index is 2.38.